The lowest BCUT2D eigenvalue weighted by Crippen LogP contribution is -2.27. The number of carbonyl (C=O) groups is 1. The zero-order valence-corrected chi connectivity index (χ0v) is 11.1. The highest BCUT2D eigenvalue weighted by Crippen LogP contribution is 2.03. The lowest BCUT2D eigenvalue weighted by atomic mass is 10.1. The molecule has 0 atom stereocenters. The Morgan fingerprint density at radius 1 is 1.47 bits per heavy atom. The minimum Gasteiger partial charge on any atom is -0.384 e. The highest BCUT2D eigenvalue weighted by Gasteiger charge is 2.01. The average molecular weight is 261 g/mol. The van der Waals surface area contributed by atoms with Crippen molar-refractivity contribution in [3.05, 3.63) is 35.4 Å². The van der Waals surface area contributed by atoms with Crippen LogP contribution < -0.4 is 5.32 Å². The van der Waals surface area contributed by atoms with Crippen molar-refractivity contribution in [3.8, 4) is 11.8 Å². The molecule has 4 heteroatoms. The van der Waals surface area contributed by atoms with Gasteiger partial charge in [-0.3, -0.25) is 4.79 Å². The van der Waals surface area contributed by atoms with Gasteiger partial charge in [0.05, 0.1) is 0 Å². The molecule has 0 fully saturated rings. The molecule has 19 heavy (non-hydrogen) atoms. The third kappa shape index (κ3) is 6.61. The first-order valence-corrected chi connectivity index (χ1v) is 6.29. The summed E-state index contributed by atoms with van der Waals surface area (Å²) in [5.74, 6) is 5.29. The van der Waals surface area contributed by atoms with Gasteiger partial charge >= 0.3 is 0 Å². The van der Waals surface area contributed by atoms with Gasteiger partial charge in [-0.25, -0.2) is 0 Å². The molecule has 4 nitrogen and oxygen atoms in total. The van der Waals surface area contributed by atoms with Gasteiger partial charge in [-0.2, -0.15) is 0 Å². The highest BCUT2D eigenvalue weighted by molar-refractivity contribution is 5.77. The number of amides is 1. The van der Waals surface area contributed by atoms with Crippen LogP contribution in [0.25, 0.3) is 0 Å². The quantitative estimate of drug-likeness (QED) is 0.595. The van der Waals surface area contributed by atoms with Crippen molar-refractivity contribution in [2.75, 3.05) is 19.8 Å². The van der Waals surface area contributed by atoms with E-state index in [-0.39, 0.29) is 19.1 Å². The third-order valence-corrected chi connectivity index (χ3v) is 2.31. The van der Waals surface area contributed by atoms with Crippen molar-refractivity contribution < 1.29 is 14.6 Å². The van der Waals surface area contributed by atoms with Gasteiger partial charge in [-0.15, -0.1) is 0 Å². The maximum atomic E-state index is 11.5. The van der Waals surface area contributed by atoms with Crippen LogP contribution in [0.1, 0.15) is 24.5 Å². The van der Waals surface area contributed by atoms with E-state index in [0.29, 0.717) is 13.2 Å². The van der Waals surface area contributed by atoms with Crippen LogP contribution in [0.4, 0.5) is 0 Å². The zero-order valence-electron chi connectivity index (χ0n) is 11.1. The van der Waals surface area contributed by atoms with Crippen molar-refractivity contribution in [2.45, 2.75) is 19.9 Å². The fourth-order valence-corrected chi connectivity index (χ4v) is 1.46. The van der Waals surface area contributed by atoms with Gasteiger partial charge in [-0.05, 0) is 24.1 Å². The second kappa shape index (κ2) is 9.15. The Bertz CT molecular complexity index is 460. The molecule has 0 heterocycles. The Morgan fingerprint density at radius 2 is 2.32 bits per heavy atom. The molecule has 0 saturated carbocycles. The van der Waals surface area contributed by atoms with E-state index in [0.717, 1.165) is 17.5 Å². The summed E-state index contributed by atoms with van der Waals surface area (Å²) in [4.78, 5) is 11.5. The van der Waals surface area contributed by atoms with Gasteiger partial charge in [0.1, 0.15) is 13.2 Å². The molecular formula is C15H19NO3. The highest BCUT2D eigenvalue weighted by atomic mass is 16.5. The van der Waals surface area contributed by atoms with Crippen molar-refractivity contribution in [1.82, 2.24) is 5.32 Å². The fraction of sp³-hybridized carbons (Fsp3) is 0.400. The summed E-state index contributed by atoms with van der Waals surface area (Å²) in [6.07, 6.45) is 0.902. The Morgan fingerprint density at radius 3 is 3.05 bits per heavy atom. The minimum atomic E-state index is -0.157. The molecule has 2 N–H and O–H groups in total. The minimum absolute atomic E-state index is 0.0951. The second-order valence-electron chi connectivity index (χ2n) is 3.99. The predicted octanol–water partition coefficient (Wildman–Crippen LogP) is 1.07. The number of nitrogens with one attached hydrogen (secondary N) is 1. The fourth-order valence-electron chi connectivity index (χ4n) is 1.46. The van der Waals surface area contributed by atoms with Crippen LogP contribution in [-0.4, -0.2) is 30.8 Å². The van der Waals surface area contributed by atoms with Crippen LogP contribution in [0.3, 0.4) is 0 Å². The van der Waals surface area contributed by atoms with Gasteiger partial charge in [0.15, 0.2) is 0 Å². The summed E-state index contributed by atoms with van der Waals surface area (Å²) < 4.78 is 5.15. The molecule has 0 saturated heterocycles. The average Bonchev–Trinajstić information content (AvgIpc) is 2.44. The molecule has 0 bridgehead atoms. The SMILES string of the molecule is CCCOCC(=O)NCc1cccc(C#CCO)c1. The Kier molecular flexibility index (Phi) is 7.33. The van der Waals surface area contributed by atoms with Gasteiger partial charge in [0.25, 0.3) is 0 Å². The molecule has 1 aromatic rings. The van der Waals surface area contributed by atoms with Gasteiger partial charge in [0, 0.05) is 18.7 Å². The monoisotopic (exact) mass is 261 g/mol. The lowest BCUT2D eigenvalue weighted by molar-refractivity contribution is -0.125. The van der Waals surface area contributed by atoms with Crippen molar-refractivity contribution in [3.63, 3.8) is 0 Å². The van der Waals surface area contributed by atoms with E-state index >= 15 is 0 Å². The Labute approximate surface area is 113 Å². The smallest absolute Gasteiger partial charge is 0.246 e. The number of hydrogen-bond donors (Lipinski definition) is 2. The number of aliphatic hydroxyl groups is 1. The summed E-state index contributed by atoms with van der Waals surface area (Å²) in [7, 11) is 0. The van der Waals surface area contributed by atoms with Gasteiger partial charge in [-0.1, -0.05) is 30.9 Å². The van der Waals surface area contributed by atoms with E-state index in [9.17, 15) is 4.79 Å². The first-order chi connectivity index (χ1) is 9.26. The van der Waals surface area contributed by atoms with Crippen molar-refractivity contribution in [1.29, 1.82) is 0 Å². The lowest BCUT2D eigenvalue weighted by Gasteiger charge is -2.06. The number of carbonyl (C=O) groups excluding carboxylic acids is 1. The van der Waals surface area contributed by atoms with E-state index in [4.69, 9.17) is 9.84 Å². The van der Waals surface area contributed by atoms with Crippen molar-refractivity contribution in [2.24, 2.45) is 0 Å². The molecule has 0 radical (unpaired) electrons. The molecule has 0 unspecified atom stereocenters. The standard InChI is InChI=1S/C15H19NO3/c1-2-9-19-12-15(18)16-11-14-6-3-5-13(10-14)7-4-8-17/h3,5-6,10,17H,2,8-9,11-12H2,1H3,(H,16,18). The molecule has 1 amide bonds. The van der Waals surface area contributed by atoms with Gasteiger partial charge < -0.3 is 15.2 Å². The maximum Gasteiger partial charge on any atom is 0.246 e. The largest absolute Gasteiger partial charge is 0.384 e. The summed E-state index contributed by atoms with van der Waals surface area (Å²) in [6, 6.07) is 7.53. The Balaban J connectivity index is 2.42. The third-order valence-electron chi connectivity index (χ3n) is 2.31. The Hall–Kier alpha value is -1.83. The molecule has 1 rings (SSSR count). The van der Waals surface area contributed by atoms with Crippen LogP contribution >= 0.6 is 0 Å². The topological polar surface area (TPSA) is 58.6 Å². The predicted molar refractivity (Wildman–Crippen MR) is 73.4 cm³/mol. The van der Waals surface area contributed by atoms with E-state index in [1.54, 1.807) is 0 Å². The van der Waals surface area contributed by atoms with E-state index < -0.39 is 0 Å². The van der Waals surface area contributed by atoms with Crippen LogP contribution in [0.5, 0.6) is 0 Å². The van der Waals surface area contributed by atoms with Crippen LogP contribution in [0, 0.1) is 11.8 Å². The number of ether oxygens (including phenoxy) is 1. The van der Waals surface area contributed by atoms with E-state index in [1.165, 1.54) is 0 Å². The first-order valence-electron chi connectivity index (χ1n) is 6.29. The molecular weight excluding hydrogens is 242 g/mol. The van der Waals surface area contributed by atoms with E-state index in [1.807, 2.05) is 31.2 Å². The van der Waals surface area contributed by atoms with Gasteiger partial charge in [0.2, 0.25) is 5.91 Å². The summed E-state index contributed by atoms with van der Waals surface area (Å²) in [6.45, 7) is 2.98. The number of aliphatic hydroxyl groups excluding tert-OH is 1. The maximum absolute atomic E-state index is 11.5. The summed E-state index contributed by atoms with van der Waals surface area (Å²) >= 11 is 0. The van der Waals surface area contributed by atoms with Crippen LogP contribution in [0.2, 0.25) is 0 Å². The molecule has 0 aromatic heterocycles. The molecule has 0 spiro atoms. The van der Waals surface area contributed by atoms with E-state index in [2.05, 4.69) is 17.2 Å². The summed E-state index contributed by atoms with van der Waals surface area (Å²) in [5.41, 5.74) is 1.79. The first kappa shape index (κ1) is 15.2. The zero-order chi connectivity index (χ0) is 13.9. The summed E-state index contributed by atoms with van der Waals surface area (Å²) in [5, 5.41) is 11.4. The van der Waals surface area contributed by atoms with Crippen molar-refractivity contribution >= 4 is 5.91 Å². The number of rotatable bonds is 6. The molecule has 102 valence electrons. The number of hydrogen-bond acceptors (Lipinski definition) is 3. The van der Waals surface area contributed by atoms with Crippen LogP contribution in [0.15, 0.2) is 24.3 Å². The number of benzene rings is 1. The molecule has 0 aliphatic rings. The molecule has 0 aliphatic carbocycles. The molecule has 1 aromatic carbocycles. The molecule has 0 aliphatic heterocycles. The second-order valence-corrected chi connectivity index (χ2v) is 3.99. The van der Waals surface area contributed by atoms with Crippen LogP contribution in [-0.2, 0) is 16.1 Å². The normalized spacial score (nSPS) is 9.58.